The van der Waals surface area contributed by atoms with Crippen molar-refractivity contribution in [2.24, 2.45) is 0 Å². The molecule has 2 aromatic carbocycles. The van der Waals surface area contributed by atoms with Crippen molar-refractivity contribution in [3.05, 3.63) is 76.7 Å². The predicted molar refractivity (Wildman–Crippen MR) is 100 cm³/mol. The Hall–Kier alpha value is -2.66. The molecule has 0 aliphatic heterocycles. The molecule has 25 heavy (non-hydrogen) atoms. The standard InChI is InChI=1S/C19H18ClFN4/c1-13-11-18(22-10-9-14-3-2-4-15(20)12-14)25-19(23-13)24-17-7-5-16(21)6-8-17/h2-8,11-12H,9-10H2,1H3,(H2,22,23,24,25). The van der Waals surface area contributed by atoms with Gasteiger partial charge in [-0.05, 0) is 55.3 Å². The average molecular weight is 357 g/mol. The second-order valence-electron chi connectivity index (χ2n) is 5.66. The molecule has 0 fully saturated rings. The number of hydrogen-bond donors (Lipinski definition) is 2. The van der Waals surface area contributed by atoms with Gasteiger partial charge in [-0.1, -0.05) is 23.7 Å². The van der Waals surface area contributed by atoms with E-state index in [1.54, 1.807) is 12.1 Å². The zero-order chi connectivity index (χ0) is 17.6. The summed E-state index contributed by atoms with van der Waals surface area (Å²) in [6.07, 6.45) is 0.838. The SMILES string of the molecule is Cc1cc(NCCc2cccc(Cl)c2)nc(Nc2ccc(F)cc2)n1. The number of anilines is 3. The van der Waals surface area contributed by atoms with Gasteiger partial charge in [-0.25, -0.2) is 9.37 Å². The number of rotatable bonds is 6. The van der Waals surface area contributed by atoms with Crippen molar-refractivity contribution in [1.82, 2.24) is 9.97 Å². The summed E-state index contributed by atoms with van der Waals surface area (Å²) < 4.78 is 13.0. The molecule has 4 nitrogen and oxygen atoms in total. The smallest absolute Gasteiger partial charge is 0.229 e. The summed E-state index contributed by atoms with van der Waals surface area (Å²) in [5.41, 5.74) is 2.73. The molecule has 0 radical (unpaired) electrons. The van der Waals surface area contributed by atoms with Gasteiger partial charge in [-0.2, -0.15) is 4.98 Å². The van der Waals surface area contributed by atoms with Gasteiger partial charge >= 0.3 is 0 Å². The van der Waals surface area contributed by atoms with Crippen molar-refractivity contribution in [2.45, 2.75) is 13.3 Å². The average Bonchev–Trinajstić information content (AvgIpc) is 2.57. The monoisotopic (exact) mass is 356 g/mol. The molecule has 1 aromatic heterocycles. The van der Waals surface area contributed by atoms with Gasteiger partial charge in [0, 0.05) is 29.0 Å². The largest absolute Gasteiger partial charge is 0.370 e. The van der Waals surface area contributed by atoms with Gasteiger partial charge in [-0.3, -0.25) is 0 Å². The third-order valence-electron chi connectivity index (χ3n) is 3.56. The fourth-order valence-electron chi connectivity index (χ4n) is 2.40. The van der Waals surface area contributed by atoms with Crippen molar-refractivity contribution in [3.8, 4) is 0 Å². The zero-order valence-corrected chi connectivity index (χ0v) is 14.5. The van der Waals surface area contributed by atoms with Gasteiger partial charge in [0.25, 0.3) is 0 Å². The number of nitrogens with one attached hydrogen (secondary N) is 2. The van der Waals surface area contributed by atoms with Crippen LogP contribution in [-0.4, -0.2) is 16.5 Å². The molecule has 0 bridgehead atoms. The summed E-state index contributed by atoms with van der Waals surface area (Å²) in [4.78, 5) is 8.80. The van der Waals surface area contributed by atoms with Crippen LogP contribution >= 0.6 is 11.6 Å². The first kappa shape index (κ1) is 17.2. The van der Waals surface area contributed by atoms with E-state index in [9.17, 15) is 4.39 Å². The van der Waals surface area contributed by atoms with Gasteiger partial charge < -0.3 is 10.6 Å². The Kier molecular flexibility index (Phi) is 5.46. The van der Waals surface area contributed by atoms with E-state index >= 15 is 0 Å². The Balaban J connectivity index is 1.63. The van der Waals surface area contributed by atoms with Crippen LogP contribution in [0.5, 0.6) is 0 Å². The Bertz CT molecular complexity index is 852. The molecule has 0 aliphatic carbocycles. The topological polar surface area (TPSA) is 49.8 Å². The summed E-state index contributed by atoms with van der Waals surface area (Å²) in [5, 5.41) is 7.11. The number of nitrogens with zero attached hydrogens (tertiary/aromatic N) is 2. The van der Waals surface area contributed by atoms with Gasteiger partial charge in [0.1, 0.15) is 11.6 Å². The number of aromatic nitrogens is 2. The molecule has 128 valence electrons. The highest BCUT2D eigenvalue weighted by Crippen LogP contribution is 2.16. The normalized spacial score (nSPS) is 10.5. The van der Waals surface area contributed by atoms with Crippen molar-refractivity contribution in [3.63, 3.8) is 0 Å². The third kappa shape index (κ3) is 5.16. The van der Waals surface area contributed by atoms with E-state index in [-0.39, 0.29) is 5.82 Å². The van der Waals surface area contributed by atoms with E-state index in [0.29, 0.717) is 5.95 Å². The molecule has 0 saturated carbocycles. The lowest BCUT2D eigenvalue weighted by atomic mass is 10.1. The van der Waals surface area contributed by atoms with Crippen molar-refractivity contribution < 1.29 is 4.39 Å². The van der Waals surface area contributed by atoms with Gasteiger partial charge in [0.15, 0.2) is 0 Å². The van der Waals surface area contributed by atoms with Crippen LogP contribution in [0, 0.1) is 12.7 Å². The van der Waals surface area contributed by atoms with E-state index in [1.165, 1.54) is 12.1 Å². The van der Waals surface area contributed by atoms with Gasteiger partial charge in [-0.15, -0.1) is 0 Å². The van der Waals surface area contributed by atoms with Crippen LogP contribution < -0.4 is 10.6 Å². The van der Waals surface area contributed by atoms with Crippen LogP contribution in [-0.2, 0) is 6.42 Å². The fourth-order valence-corrected chi connectivity index (χ4v) is 2.62. The molecular weight excluding hydrogens is 339 g/mol. The van der Waals surface area contributed by atoms with E-state index in [0.717, 1.165) is 40.8 Å². The van der Waals surface area contributed by atoms with E-state index in [4.69, 9.17) is 11.6 Å². The fraction of sp³-hybridized carbons (Fsp3) is 0.158. The summed E-state index contributed by atoms with van der Waals surface area (Å²) in [7, 11) is 0. The molecular formula is C19H18ClFN4. The van der Waals surface area contributed by atoms with Crippen LogP contribution in [0.3, 0.4) is 0 Å². The molecule has 0 saturated heterocycles. The number of aryl methyl sites for hydroxylation is 1. The third-order valence-corrected chi connectivity index (χ3v) is 3.80. The van der Waals surface area contributed by atoms with E-state index in [2.05, 4.69) is 20.6 Å². The second kappa shape index (κ2) is 7.94. The highest BCUT2D eigenvalue weighted by Gasteiger charge is 2.03. The summed E-state index contributed by atoms with van der Waals surface area (Å²) in [6, 6.07) is 15.8. The lowest BCUT2D eigenvalue weighted by molar-refractivity contribution is 0.628. The lowest BCUT2D eigenvalue weighted by Gasteiger charge is -2.10. The maximum atomic E-state index is 13.0. The van der Waals surface area contributed by atoms with Gasteiger partial charge in [0.05, 0.1) is 0 Å². The van der Waals surface area contributed by atoms with Crippen LogP contribution in [0.2, 0.25) is 5.02 Å². The van der Waals surface area contributed by atoms with E-state index < -0.39 is 0 Å². The first-order valence-corrected chi connectivity index (χ1v) is 8.33. The molecule has 6 heteroatoms. The van der Waals surface area contributed by atoms with Crippen LogP contribution in [0.15, 0.2) is 54.6 Å². The molecule has 0 spiro atoms. The van der Waals surface area contributed by atoms with Crippen molar-refractivity contribution >= 4 is 29.1 Å². The first-order valence-electron chi connectivity index (χ1n) is 7.95. The number of halogens is 2. The number of hydrogen-bond acceptors (Lipinski definition) is 4. The predicted octanol–water partition coefficient (Wildman–Crippen LogP) is 4.98. The molecule has 2 N–H and O–H groups in total. The van der Waals surface area contributed by atoms with Crippen molar-refractivity contribution in [2.75, 3.05) is 17.2 Å². The first-order chi connectivity index (χ1) is 12.1. The zero-order valence-electron chi connectivity index (χ0n) is 13.8. The maximum absolute atomic E-state index is 13.0. The minimum atomic E-state index is -0.279. The van der Waals surface area contributed by atoms with Crippen LogP contribution in [0.4, 0.5) is 21.8 Å². The molecule has 0 amide bonds. The molecule has 0 aliphatic rings. The summed E-state index contributed by atoms with van der Waals surface area (Å²) in [5.74, 6) is 0.926. The molecule has 1 heterocycles. The highest BCUT2D eigenvalue weighted by atomic mass is 35.5. The minimum absolute atomic E-state index is 0.279. The highest BCUT2D eigenvalue weighted by molar-refractivity contribution is 6.30. The van der Waals surface area contributed by atoms with Crippen LogP contribution in [0.1, 0.15) is 11.3 Å². The van der Waals surface area contributed by atoms with Crippen LogP contribution in [0.25, 0.3) is 0 Å². The Labute approximate surface area is 151 Å². The second-order valence-corrected chi connectivity index (χ2v) is 6.09. The Morgan fingerprint density at radius 2 is 1.84 bits per heavy atom. The molecule has 3 aromatic rings. The number of benzene rings is 2. The maximum Gasteiger partial charge on any atom is 0.229 e. The Morgan fingerprint density at radius 3 is 2.60 bits per heavy atom. The Morgan fingerprint density at radius 1 is 1.04 bits per heavy atom. The summed E-state index contributed by atoms with van der Waals surface area (Å²) >= 11 is 6.00. The van der Waals surface area contributed by atoms with Gasteiger partial charge in [0.2, 0.25) is 5.95 Å². The summed E-state index contributed by atoms with van der Waals surface area (Å²) in [6.45, 7) is 2.63. The van der Waals surface area contributed by atoms with E-state index in [1.807, 2.05) is 37.3 Å². The minimum Gasteiger partial charge on any atom is -0.370 e. The lowest BCUT2D eigenvalue weighted by Crippen LogP contribution is -2.08. The van der Waals surface area contributed by atoms with Crippen molar-refractivity contribution in [1.29, 1.82) is 0 Å². The molecule has 0 atom stereocenters. The quantitative estimate of drug-likeness (QED) is 0.654. The molecule has 3 rings (SSSR count). The molecule has 0 unspecified atom stereocenters.